The fraction of sp³-hybridized carbons (Fsp3) is 0.562. The van der Waals surface area contributed by atoms with Gasteiger partial charge in [-0.05, 0) is 31.9 Å². The largest absolute Gasteiger partial charge is 0.384 e. The van der Waals surface area contributed by atoms with Crippen LogP contribution in [0, 0.1) is 6.92 Å². The third-order valence-corrected chi connectivity index (χ3v) is 3.48. The highest BCUT2D eigenvalue weighted by atomic mass is 16.5. The topological polar surface area (TPSA) is 41.6 Å². The molecule has 1 fully saturated rings. The monoisotopic (exact) mass is 276 g/mol. The van der Waals surface area contributed by atoms with Crippen molar-refractivity contribution < 1.29 is 9.53 Å². The summed E-state index contributed by atoms with van der Waals surface area (Å²) in [4.78, 5) is 14.6. The summed E-state index contributed by atoms with van der Waals surface area (Å²) in [6.07, 6.45) is 1.95. The number of anilines is 1. The van der Waals surface area contributed by atoms with E-state index in [9.17, 15) is 4.79 Å². The van der Waals surface area contributed by atoms with Gasteiger partial charge in [0.15, 0.2) is 0 Å². The van der Waals surface area contributed by atoms with Gasteiger partial charge in [0.25, 0.3) is 5.91 Å². The number of rotatable bonds is 4. The molecule has 1 aliphatic rings. The Balaban J connectivity index is 2.20. The second-order valence-corrected chi connectivity index (χ2v) is 5.23. The van der Waals surface area contributed by atoms with Gasteiger partial charge >= 0.3 is 0 Å². The molecule has 4 heteroatoms. The average molecular weight is 276 g/mol. The normalized spacial score (nSPS) is 15.8. The molecule has 1 heterocycles. The Labute approximate surface area is 121 Å². The molecule has 1 aromatic carbocycles. The number of carbonyl (C=O) groups excluding carboxylic acids is 1. The van der Waals surface area contributed by atoms with Crippen LogP contribution in [0.15, 0.2) is 18.2 Å². The maximum atomic E-state index is 12.7. The van der Waals surface area contributed by atoms with E-state index in [1.54, 1.807) is 0 Å². The second-order valence-electron chi connectivity index (χ2n) is 5.23. The van der Waals surface area contributed by atoms with Crippen LogP contribution in [0.2, 0.25) is 0 Å². The van der Waals surface area contributed by atoms with Gasteiger partial charge in [0.05, 0.1) is 12.2 Å². The van der Waals surface area contributed by atoms with Crippen LogP contribution in [0.5, 0.6) is 0 Å². The number of aryl methyl sites for hydroxylation is 1. The molecule has 1 saturated heterocycles. The first kappa shape index (κ1) is 14.9. The van der Waals surface area contributed by atoms with Gasteiger partial charge < -0.3 is 15.0 Å². The van der Waals surface area contributed by atoms with Gasteiger partial charge in [-0.2, -0.15) is 0 Å². The molecule has 1 amide bonds. The molecule has 0 spiro atoms. The zero-order valence-corrected chi connectivity index (χ0v) is 12.4. The first-order chi connectivity index (χ1) is 9.72. The Hall–Kier alpha value is -1.55. The molecule has 0 aromatic heterocycles. The first-order valence-electron chi connectivity index (χ1n) is 7.44. The molecule has 110 valence electrons. The maximum absolute atomic E-state index is 12.7. The number of nitrogens with one attached hydrogen (secondary N) is 1. The average Bonchev–Trinajstić information content (AvgIpc) is 2.74. The van der Waals surface area contributed by atoms with Gasteiger partial charge in [0.2, 0.25) is 0 Å². The number of ether oxygens (including phenoxy) is 1. The van der Waals surface area contributed by atoms with Crippen LogP contribution in [-0.4, -0.2) is 43.7 Å². The standard InChI is InChI=1S/C16H24N2O2/c1-3-7-17-15-6-5-13(2)12-14(15)16(19)18-8-4-10-20-11-9-18/h5-6,12,17H,3-4,7-11H2,1-2H3. The lowest BCUT2D eigenvalue weighted by molar-refractivity contribution is 0.0742. The van der Waals surface area contributed by atoms with Gasteiger partial charge in [-0.15, -0.1) is 0 Å². The van der Waals surface area contributed by atoms with Crippen molar-refractivity contribution >= 4 is 11.6 Å². The molecule has 0 unspecified atom stereocenters. The summed E-state index contributed by atoms with van der Waals surface area (Å²) < 4.78 is 5.42. The van der Waals surface area contributed by atoms with E-state index < -0.39 is 0 Å². The van der Waals surface area contributed by atoms with Gasteiger partial charge in [0.1, 0.15) is 0 Å². The molecule has 0 atom stereocenters. The maximum Gasteiger partial charge on any atom is 0.256 e. The molecule has 0 radical (unpaired) electrons. The van der Waals surface area contributed by atoms with E-state index in [1.165, 1.54) is 0 Å². The van der Waals surface area contributed by atoms with E-state index in [2.05, 4.69) is 12.2 Å². The highest BCUT2D eigenvalue weighted by molar-refractivity contribution is 5.99. The van der Waals surface area contributed by atoms with Crippen LogP contribution in [-0.2, 0) is 4.74 Å². The van der Waals surface area contributed by atoms with Crippen molar-refractivity contribution in [3.63, 3.8) is 0 Å². The van der Waals surface area contributed by atoms with Crippen molar-refractivity contribution in [2.45, 2.75) is 26.7 Å². The molecule has 0 saturated carbocycles. The van der Waals surface area contributed by atoms with E-state index in [0.717, 1.165) is 49.4 Å². The minimum absolute atomic E-state index is 0.109. The Bertz CT molecular complexity index is 452. The zero-order valence-electron chi connectivity index (χ0n) is 12.4. The van der Waals surface area contributed by atoms with Crippen LogP contribution in [0.3, 0.4) is 0 Å². The van der Waals surface area contributed by atoms with Crippen LogP contribution in [0.4, 0.5) is 5.69 Å². The summed E-state index contributed by atoms with van der Waals surface area (Å²) in [5.41, 5.74) is 2.83. The molecule has 20 heavy (non-hydrogen) atoms. The fourth-order valence-electron chi connectivity index (χ4n) is 2.37. The first-order valence-corrected chi connectivity index (χ1v) is 7.44. The van der Waals surface area contributed by atoms with E-state index >= 15 is 0 Å². The molecule has 0 aliphatic carbocycles. The predicted molar refractivity (Wildman–Crippen MR) is 81.3 cm³/mol. The van der Waals surface area contributed by atoms with Crippen molar-refractivity contribution in [3.05, 3.63) is 29.3 Å². The minimum atomic E-state index is 0.109. The van der Waals surface area contributed by atoms with Crippen molar-refractivity contribution in [2.24, 2.45) is 0 Å². The van der Waals surface area contributed by atoms with Crippen LogP contribution in [0.25, 0.3) is 0 Å². The summed E-state index contributed by atoms with van der Waals surface area (Å²) in [6.45, 7) is 7.86. The number of hydrogen-bond donors (Lipinski definition) is 1. The van der Waals surface area contributed by atoms with E-state index in [-0.39, 0.29) is 5.91 Å². The van der Waals surface area contributed by atoms with E-state index in [4.69, 9.17) is 4.74 Å². The Morgan fingerprint density at radius 1 is 1.35 bits per heavy atom. The third-order valence-electron chi connectivity index (χ3n) is 3.48. The highest BCUT2D eigenvalue weighted by Gasteiger charge is 2.20. The van der Waals surface area contributed by atoms with Crippen molar-refractivity contribution in [1.82, 2.24) is 4.90 Å². The SMILES string of the molecule is CCCNc1ccc(C)cc1C(=O)N1CCCOCC1. The van der Waals surface area contributed by atoms with Crippen molar-refractivity contribution in [2.75, 3.05) is 38.2 Å². The summed E-state index contributed by atoms with van der Waals surface area (Å²) in [6, 6.07) is 6.03. The van der Waals surface area contributed by atoms with Crippen LogP contribution in [0.1, 0.15) is 35.7 Å². The number of benzene rings is 1. The Kier molecular flexibility index (Phi) is 5.41. The fourth-order valence-corrected chi connectivity index (χ4v) is 2.37. The van der Waals surface area contributed by atoms with E-state index in [1.807, 2.05) is 30.0 Å². The molecule has 1 aromatic rings. The third kappa shape index (κ3) is 3.73. The second kappa shape index (κ2) is 7.29. The van der Waals surface area contributed by atoms with Gasteiger partial charge in [-0.25, -0.2) is 0 Å². The summed E-state index contributed by atoms with van der Waals surface area (Å²) in [5.74, 6) is 0.109. The summed E-state index contributed by atoms with van der Waals surface area (Å²) >= 11 is 0. The van der Waals surface area contributed by atoms with Crippen LogP contribution >= 0.6 is 0 Å². The molecule has 1 N–H and O–H groups in total. The zero-order chi connectivity index (χ0) is 14.4. The minimum Gasteiger partial charge on any atom is -0.384 e. The quantitative estimate of drug-likeness (QED) is 0.919. The lowest BCUT2D eigenvalue weighted by Crippen LogP contribution is -2.33. The molecule has 1 aliphatic heterocycles. The van der Waals surface area contributed by atoms with Crippen molar-refractivity contribution in [3.8, 4) is 0 Å². The number of nitrogens with zero attached hydrogens (tertiary/aromatic N) is 1. The summed E-state index contributed by atoms with van der Waals surface area (Å²) in [7, 11) is 0. The molecule has 2 rings (SSSR count). The Morgan fingerprint density at radius 3 is 3.00 bits per heavy atom. The number of hydrogen-bond acceptors (Lipinski definition) is 3. The highest BCUT2D eigenvalue weighted by Crippen LogP contribution is 2.20. The van der Waals surface area contributed by atoms with Crippen LogP contribution < -0.4 is 5.32 Å². The van der Waals surface area contributed by atoms with Crippen molar-refractivity contribution in [1.29, 1.82) is 0 Å². The van der Waals surface area contributed by atoms with Gasteiger partial charge in [-0.3, -0.25) is 4.79 Å². The molecule has 0 bridgehead atoms. The van der Waals surface area contributed by atoms with Gasteiger partial charge in [0, 0.05) is 31.9 Å². The van der Waals surface area contributed by atoms with E-state index in [0.29, 0.717) is 13.2 Å². The molecule has 4 nitrogen and oxygen atoms in total. The lowest BCUT2D eigenvalue weighted by Gasteiger charge is -2.22. The summed E-state index contributed by atoms with van der Waals surface area (Å²) in [5, 5.41) is 3.35. The predicted octanol–water partition coefficient (Wildman–Crippen LogP) is 2.68. The number of carbonyl (C=O) groups is 1. The molecular weight excluding hydrogens is 252 g/mol. The van der Waals surface area contributed by atoms with Gasteiger partial charge in [-0.1, -0.05) is 18.6 Å². The molecular formula is C16H24N2O2. The Morgan fingerprint density at radius 2 is 2.20 bits per heavy atom. The smallest absolute Gasteiger partial charge is 0.256 e. The lowest BCUT2D eigenvalue weighted by atomic mass is 10.1. The number of amides is 1.